The number of nitro groups is 1. The number of nitro benzene ring substituents is 1. The van der Waals surface area contributed by atoms with Crippen molar-refractivity contribution in [3.05, 3.63) is 57.1 Å². The van der Waals surface area contributed by atoms with E-state index in [2.05, 4.69) is 10.3 Å². The fourth-order valence-electron chi connectivity index (χ4n) is 2.10. The summed E-state index contributed by atoms with van der Waals surface area (Å²) in [5.74, 6) is -0.224. The zero-order valence-electron chi connectivity index (χ0n) is 12.9. The van der Waals surface area contributed by atoms with E-state index in [1.807, 2.05) is 6.07 Å². The maximum Gasteiger partial charge on any atom is 0.270 e. The predicted octanol–water partition coefficient (Wildman–Crippen LogP) is 4.46. The van der Waals surface area contributed by atoms with Gasteiger partial charge in [0.2, 0.25) is 5.91 Å². The first-order chi connectivity index (χ1) is 12.5. The van der Waals surface area contributed by atoms with Crippen molar-refractivity contribution in [2.75, 3.05) is 11.1 Å². The van der Waals surface area contributed by atoms with Gasteiger partial charge in [-0.3, -0.25) is 14.9 Å². The van der Waals surface area contributed by atoms with Crippen molar-refractivity contribution in [1.82, 2.24) is 4.98 Å². The molecule has 0 saturated heterocycles. The summed E-state index contributed by atoms with van der Waals surface area (Å²) in [6.07, 6.45) is 0. The molecule has 0 bridgehead atoms. The molecular weight excluding hydrogens is 396 g/mol. The minimum Gasteiger partial charge on any atom is -0.324 e. The number of fused-ring (bicyclic) bond motifs is 1. The van der Waals surface area contributed by atoms with Crippen LogP contribution in [0.4, 0.5) is 11.4 Å². The third kappa shape index (κ3) is 4.11. The predicted molar refractivity (Wildman–Crippen MR) is 102 cm³/mol. The van der Waals surface area contributed by atoms with Gasteiger partial charge in [0.1, 0.15) is 6.07 Å². The largest absolute Gasteiger partial charge is 0.324 e. The second-order valence-corrected chi connectivity index (χ2v) is 7.72. The Hall–Kier alpha value is -2.67. The lowest BCUT2D eigenvalue weighted by Gasteiger charge is -2.06. The number of benzene rings is 2. The van der Waals surface area contributed by atoms with E-state index in [4.69, 9.17) is 16.9 Å². The molecule has 130 valence electrons. The molecule has 1 heterocycles. The van der Waals surface area contributed by atoms with Crippen molar-refractivity contribution in [3.63, 3.8) is 0 Å². The van der Waals surface area contributed by atoms with E-state index in [9.17, 15) is 14.9 Å². The smallest absolute Gasteiger partial charge is 0.270 e. The summed E-state index contributed by atoms with van der Waals surface area (Å²) in [6, 6.07) is 11.0. The average molecular weight is 405 g/mol. The van der Waals surface area contributed by atoms with Crippen LogP contribution in [0.5, 0.6) is 0 Å². The highest BCUT2D eigenvalue weighted by molar-refractivity contribution is 8.01. The Morgan fingerprint density at radius 1 is 1.38 bits per heavy atom. The number of nitriles is 1. The number of non-ortho nitro benzene ring substituents is 1. The van der Waals surface area contributed by atoms with Gasteiger partial charge in [0.25, 0.3) is 5.69 Å². The molecule has 10 heteroatoms. The molecule has 3 aromatic rings. The lowest BCUT2D eigenvalue weighted by atomic mass is 10.2. The maximum absolute atomic E-state index is 12.1. The highest BCUT2D eigenvalue weighted by atomic mass is 35.5. The van der Waals surface area contributed by atoms with Gasteiger partial charge in [-0.1, -0.05) is 23.4 Å². The van der Waals surface area contributed by atoms with E-state index in [-0.39, 0.29) is 17.3 Å². The van der Waals surface area contributed by atoms with Crippen LogP contribution in [0.2, 0.25) is 5.02 Å². The zero-order chi connectivity index (χ0) is 18.7. The van der Waals surface area contributed by atoms with E-state index in [0.29, 0.717) is 30.8 Å². The molecule has 0 saturated carbocycles. The molecule has 2 aromatic carbocycles. The molecule has 7 nitrogen and oxygen atoms in total. The van der Waals surface area contributed by atoms with E-state index in [1.165, 1.54) is 47.4 Å². The average Bonchev–Trinajstić information content (AvgIpc) is 3.02. The third-order valence-electron chi connectivity index (χ3n) is 3.27. The van der Waals surface area contributed by atoms with Gasteiger partial charge in [-0.2, -0.15) is 5.26 Å². The van der Waals surface area contributed by atoms with Crippen LogP contribution in [0.1, 0.15) is 5.56 Å². The molecule has 1 amide bonds. The van der Waals surface area contributed by atoms with Gasteiger partial charge in [-0.25, -0.2) is 4.98 Å². The SMILES string of the molecule is N#Cc1ccc(Cl)cc1NC(=O)CSc1nc2ccc([N+](=O)[O-])cc2s1. The number of aromatic nitrogens is 1. The summed E-state index contributed by atoms with van der Waals surface area (Å²) >= 11 is 8.38. The molecule has 0 spiro atoms. The number of thioether (sulfide) groups is 1. The minimum absolute atomic E-state index is 0.000400. The molecular formula is C16H9ClN4O3S2. The lowest BCUT2D eigenvalue weighted by Crippen LogP contribution is -2.14. The van der Waals surface area contributed by atoms with Crippen LogP contribution in [-0.2, 0) is 4.79 Å². The third-order valence-corrected chi connectivity index (χ3v) is 5.66. The molecule has 3 rings (SSSR count). The molecule has 0 unspecified atom stereocenters. The first-order valence-corrected chi connectivity index (χ1v) is 9.31. The normalized spacial score (nSPS) is 10.5. The lowest BCUT2D eigenvalue weighted by molar-refractivity contribution is -0.384. The van der Waals surface area contributed by atoms with Gasteiger partial charge in [-0.05, 0) is 24.3 Å². The number of nitrogens with zero attached hydrogens (tertiary/aromatic N) is 3. The fraction of sp³-hybridized carbons (Fsp3) is 0.0625. The van der Waals surface area contributed by atoms with Gasteiger partial charge in [-0.15, -0.1) is 11.3 Å². The van der Waals surface area contributed by atoms with Crippen molar-refractivity contribution in [3.8, 4) is 6.07 Å². The summed E-state index contributed by atoms with van der Waals surface area (Å²) in [7, 11) is 0. The molecule has 0 aliphatic heterocycles. The fourth-order valence-corrected chi connectivity index (χ4v) is 4.17. The monoisotopic (exact) mass is 404 g/mol. The Morgan fingerprint density at radius 3 is 2.92 bits per heavy atom. The van der Waals surface area contributed by atoms with Crippen LogP contribution in [0.3, 0.4) is 0 Å². The second kappa shape index (κ2) is 7.70. The molecule has 26 heavy (non-hydrogen) atoms. The van der Waals surface area contributed by atoms with Crippen LogP contribution in [-0.4, -0.2) is 21.6 Å². The van der Waals surface area contributed by atoms with E-state index < -0.39 is 4.92 Å². The van der Waals surface area contributed by atoms with Crippen LogP contribution in [0, 0.1) is 21.4 Å². The summed E-state index contributed by atoms with van der Waals surface area (Å²) in [6.45, 7) is 0. The van der Waals surface area contributed by atoms with E-state index in [1.54, 1.807) is 12.1 Å². The van der Waals surface area contributed by atoms with Gasteiger partial charge in [0.05, 0.1) is 32.1 Å². The quantitative estimate of drug-likeness (QED) is 0.382. The molecule has 0 radical (unpaired) electrons. The first-order valence-electron chi connectivity index (χ1n) is 7.13. The number of carbonyl (C=O) groups is 1. The highest BCUT2D eigenvalue weighted by Crippen LogP contribution is 2.32. The van der Waals surface area contributed by atoms with Crippen LogP contribution < -0.4 is 5.32 Å². The molecule has 1 aromatic heterocycles. The Kier molecular flexibility index (Phi) is 5.37. The van der Waals surface area contributed by atoms with Crippen molar-refractivity contribution in [2.45, 2.75) is 4.34 Å². The minimum atomic E-state index is -0.461. The van der Waals surface area contributed by atoms with Crippen LogP contribution >= 0.6 is 34.7 Å². The Morgan fingerprint density at radius 2 is 2.19 bits per heavy atom. The first kappa shape index (κ1) is 18.1. The number of anilines is 1. The van der Waals surface area contributed by atoms with Crippen molar-refractivity contribution >= 4 is 62.2 Å². The Bertz CT molecular complexity index is 1060. The van der Waals surface area contributed by atoms with Crippen molar-refractivity contribution in [2.24, 2.45) is 0 Å². The van der Waals surface area contributed by atoms with Crippen LogP contribution in [0.25, 0.3) is 10.2 Å². The molecule has 0 aliphatic carbocycles. The van der Waals surface area contributed by atoms with Gasteiger partial charge in [0, 0.05) is 17.2 Å². The summed E-state index contributed by atoms with van der Waals surface area (Å²) in [4.78, 5) is 26.8. The number of amides is 1. The maximum atomic E-state index is 12.1. The standard InChI is InChI=1S/C16H9ClN4O3S2/c17-10-2-1-9(7-18)13(5-10)19-15(22)8-25-16-20-12-4-3-11(21(23)24)6-14(12)26-16/h1-6H,8H2,(H,19,22). The number of carbonyl (C=O) groups excluding carboxylic acids is 1. The second-order valence-electron chi connectivity index (χ2n) is 5.03. The molecule has 0 atom stereocenters. The molecule has 0 aliphatic rings. The highest BCUT2D eigenvalue weighted by Gasteiger charge is 2.13. The topological polar surface area (TPSA) is 109 Å². The Balaban J connectivity index is 1.68. The number of hydrogen-bond donors (Lipinski definition) is 1. The summed E-state index contributed by atoms with van der Waals surface area (Å²) < 4.78 is 1.31. The van der Waals surface area contributed by atoms with Crippen LogP contribution in [0.15, 0.2) is 40.7 Å². The number of hydrogen-bond acceptors (Lipinski definition) is 7. The number of halogens is 1. The number of thiazole rings is 1. The molecule has 0 fully saturated rings. The van der Waals surface area contributed by atoms with Gasteiger partial charge < -0.3 is 5.32 Å². The van der Waals surface area contributed by atoms with Crippen molar-refractivity contribution in [1.29, 1.82) is 5.26 Å². The molecule has 1 N–H and O–H groups in total. The van der Waals surface area contributed by atoms with E-state index in [0.717, 1.165) is 0 Å². The summed E-state index contributed by atoms with van der Waals surface area (Å²) in [5.41, 5.74) is 1.32. The summed E-state index contributed by atoms with van der Waals surface area (Å²) in [5, 5.41) is 22.9. The van der Waals surface area contributed by atoms with E-state index >= 15 is 0 Å². The Labute approximate surface area is 160 Å². The van der Waals surface area contributed by atoms with Gasteiger partial charge in [0.15, 0.2) is 4.34 Å². The number of rotatable bonds is 5. The zero-order valence-corrected chi connectivity index (χ0v) is 15.3. The van der Waals surface area contributed by atoms with Gasteiger partial charge >= 0.3 is 0 Å². The van der Waals surface area contributed by atoms with Crippen molar-refractivity contribution < 1.29 is 9.72 Å². The number of nitrogens with one attached hydrogen (secondary N) is 1.